The SMILES string of the molecule is Cc1nc(N)c2ncn(CCCCNS(=O)(=O)c3ccc(OC(F)(F)F)cc3)c2c1C. The average molecular weight is 457 g/mol. The number of fused-ring (bicyclic) bond motifs is 1. The van der Waals surface area contributed by atoms with Gasteiger partial charge in [-0.2, -0.15) is 0 Å². The van der Waals surface area contributed by atoms with Crippen LogP contribution in [-0.2, 0) is 16.6 Å². The highest BCUT2D eigenvalue weighted by Gasteiger charge is 2.31. The largest absolute Gasteiger partial charge is 0.573 e. The molecule has 3 aromatic rings. The Hall–Kier alpha value is -2.86. The Kier molecular flexibility index (Phi) is 6.41. The van der Waals surface area contributed by atoms with Crippen LogP contribution < -0.4 is 15.2 Å². The van der Waals surface area contributed by atoms with Gasteiger partial charge in [-0.3, -0.25) is 0 Å². The van der Waals surface area contributed by atoms with E-state index in [9.17, 15) is 21.6 Å². The van der Waals surface area contributed by atoms with Crippen molar-refractivity contribution in [2.45, 2.75) is 44.5 Å². The molecule has 0 aliphatic heterocycles. The van der Waals surface area contributed by atoms with Gasteiger partial charge in [-0.25, -0.2) is 23.1 Å². The molecule has 3 N–H and O–H groups in total. The molecular formula is C19H22F3N5O3S. The second-order valence-corrected chi connectivity index (χ2v) is 8.73. The maximum absolute atomic E-state index is 12.3. The van der Waals surface area contributed by atoms with E-state index in [1.807, 2.05) is 18.4 Å². The van der Waals surface area contributed by atoms with Crippen LogP contribution in [0.25, 0.3) is 11.0 Å². The number of nitrogen functional groups attached to an aromatic ring is 1. The minimum absolute atomic E-state index is 0.142. The molecule has 0 saturated carbocycles. The summed E-state index contributed by atoms with van der Waals surface area (Å²) in [6.45, 7) is 4.61. The normalized spacial score (nSPS) is 12.4. The van der Waals surface area contributed by atoms with Gasteiger partial charge in [-0.1, -0.05) is 0 Å². The molecule has 0 aliphatic rings. The van der Waals surface area contributed by atoms with Gasteiger partial charge in [0.2, 0.25) is 10.0 Å². The van der Waals surface area contributed by atoms with Crippen LogP contribution in [0.15, 0.2) is 35.5 Å². The number of halogens is 3. The summed E-state index contributed by atoms with van der Waals surface area (Å²) in [5, 5.41) is 0. The zero-order valence-corrected chi connectivity index (χ0v) is 17.7. The summed E-state index contributed by atoms with van der Waals surface area (Å²) >= 11 is 0. The van der Waals surface area contributed by atoms with Crippen LogP contribution >= 0.6 is 0 Å². The molecule has 2 aromatic heterocycles. The molecule has 1 aromatic carbocycles. The van der Waals surface area contributed by atoms with Gasteiger partial charge in [0.25, 0.3) is 0 Å². The molecule has 0 spiro atoms. The number of anilines is 1. The molecule has 0 bridgehead atoms. The first-order valence-electron chi connectivity index (χ1n) is 9.41. The molecule has 0 radical (unpaired) electrons. The van der Waals surface area contributed by atoms with Crippen LogP contribution in [0.5, 0.6) is 5.75 Å². The fourth-order valence-electron chi connectivity index (χ4n) is 3.14. The van der Waals surface area contributed by atoms with Crippen molar-refractivity contribution in [3.8, 4) is 5.75 Å². The molecule has 31 heavy (non-hydrogen) atoms. The Balaban J connectivity index is 1.54. The fraction of sp³-hybridized carbons (Fsp3) is 0.368. The number of hydrogen-bond acceptors (Lipinski definition) is 6. The van der Waals surface area contributed by atoms with Crippen molar-refractivity contribution in [2.24, 2.45) is 0 Å². The monoisotopic (exact) mass is 457 g/mol. The summed E-state index contributed by atoms with van der Waals surface area (Å²) in [6.07, 6.45) is -1.93. The van der Waals surface area contributed by atoms with E-state index in [0.717, 1.165) is 41.0 Å². The van der Waals surface area contributed by atoms with Crippen molar-refractivity contribution < 1.29 is 26.3 Å². The van der Waals surface area contributed by atoms with Crippen molar-refractivity contribution in [1.82, 2.24) is 19.3 Å². The number of nitrogens with two attached hydrogens (primary N) is 1. The first-order valence-corrected chi connectivity index (χ1v) is 10.9. The molecule has 0 fully saturated rings. The molecule has 2 heterocycles. The second-order valence-electron chi connectivity index (χ2n) is 6.97. The number of nitrogens with zero attached hydrogens (tertiary/aromatic N) is 3. The lowest BCUT2D eigenvalue weighted by Gasteiger charge is -2.11. The van der Waals surface area contributed by atoms with Gasteiger partial charge in [0.15, 0.2) is 5.82 Å². The fourth-order valence-corrected chi connectivity index (χ4v) is 4.21. The maximum Gasteiger partial charge on any atom is 0.573 e. The number of nitrogens with one attached hydrogen (secondary N) is 1. The number of ether oxygens (including phenoxy) is 1. The Bertz CT molecular complexity index is 1180. The smallest absolute Gasteiger partial charge is 0.406 e. The first kappa shape index (κ1) is 22.8. The molecule has 0 aliphatic carbocycles. The van der Waals surface area contributed by atoms with Crippen LogP contribution in [0, 0.1) is 13.8 Å². The number of unbranched alkanes of at least 4 members (excludes halogenated alkanes) is 1. The molecular weight excluding hydrogens is 435 g/mol. The number of aryl methyl sites for hydroxylation is 3. The summed E-state index contributed by atoms with van der Waals surface area (Å²) in [5.41, 5.74) is 9.29. The van der Waals surface area contributed by atoms with Crippen LogP contribution in [-0.4, -0.2) is 35.9 Å². The predicted molar refractivity (Wildman–Crippen MR) is 109 cm³/mol. The molecule has 0 saturated heterocycles. The quantitative estimate of drug-likeness (QED) is 0.502. The number of sulfonamides is 1. The van der Waals surface area contributed by atoms with Crippen LogP contribution in [0.1, 0.15) is 24.1 Å². The lowest BCUT2D eigenvalue weighted by atomic mass is 10.2. The van der Waals surface area contributed by atoms with Crippen LogP contribution in [0.2, 0.25) is 0 Å². The number of rotatable bonds is 8. The van der Waals surface area contributed by atoms with Crippen molar-refractivity contribution in [3.63, 3.8) is 0 Å². The standard InChI is InChI=1S/C19H22F3N5O3S/c1-12-13(2)26-18(23)16-17(12)27(11-24-16)10-4-3-9-25-31(28,29)15-7-5-14(6-8-15)30-19(20,21)22/h5-8,11,25H,3-4,9-10H2,1-2H3,(H2,23,26). The number of benzene rings is 1. The third-order valence-electron chi connectivity index (χ3n) is 4.75. The number of pyridine rings is 1. The summed E-state index contributed by atoms with van der Waals surface area (Å²) in [6, 6.07) is 4.03. The molecule has 12 heteroatoms. The molecule has 3 rings (SSSR count). The van der Waals surface area contributed by atoms with E-state index >= 15 is 0 Å². The Labute approximate surface area is 177 Å². The van der Waals surface area contributed by atoms with Crippen molar-refractivity contribution >= 4 is 26.9 Å². The number of imidazole rings is 1. The zero-order chi connectivity index (χ0) is 22.8. The Morgan fingerprint density at radius 1 is 1.16 bits per heavy atom. The molecule has 8 nitrogen and oxygen atoms in total. The lowest BCUT2D eigenvalue weighted by molar-refractivity contribution is -0.274. The van der Waals surface area contributed by atoms with E-state index in [1.165, 1.54) is 0 Å². The van der Waals surface area contributed by atoms with Crippen LogP contribution in [0.4, 0.5) is 19.0 Å². The van der Waals surface area contributed by atoms with Gasteiger partial charge < -0.3 is 15.0 Å². The van der Waals surface area contributed by atoms with Crippen LogP contribution in [0.3, 0.4) is 0 Å². The Morgan fingerprint density at radius 2 is 1.84 bits per heavy atom. The lowest BCUT2D eigenvalue weighted by Crippen LogP contribution is -2.25. The third kappa shape index (κ3) is 5.44. The topological polar surface area (TPSA) is 112 Å². The van der Waals surface area contributed by atoms with Crippen molar-refractivity contribution in [2.75, 3.05) is 12.3 Å². The van der Waals surface area contributed by atoms with Gasteiger partial charge in [-0.05, 0) is 56.5 Å². The van der Waals surface area contributed by atoms with E-state index in [2.05, 4.69) is 19.4 Å². The van der Waals surface area contributed by atoms with Gasteiger partial charge in [0.05, 0.1) is 16.7 Å². The van der Waals surface area contributed by atoms with Gasteiger partial charge in [0.1, 0.15) is 11.3 Å². The second kappa shape index (κ2) is 8.71. The summed E-state index contributed by atoms with van der Waals surface area (Å²) < 4.78 is 69.3. The first-order chi connectivity index (χ1) is 14.5. The molecule has 0 unspecified atom stereocenters. The summed E-state index contributed by atoms with van der Waals surface area (Å²) in [7, 11) is -3.84. The number of aromatic nitrogens is 3. The molecule has 0 atom stereocenters. The number of alkyl halides is 3. The molecule has 168 valence electrons. The third-order valence-corrected chi connectivity index (χ3v) is 6.23. The van der Waals surface area contributed by atoms with Crippen molar-refractivity contribution in [1.29, 1.82) is 0 Å². The predicted octanol–water partition coefficient (Wildman–Crippen LogP) is 3.29. The highest BCUT2D eigenvalue weighted by Crippen LogP contribution is 2.25. The van der Waals surface area contributed by atoms with Crippen molar-refractivity contribution in [3.05, 3.63) is 41.9 Å². The number of hydrogen-bond donors (Lipinski definition) is 2. The minimum atomic E-state index is -4.83. The van der Waals surface area contributed by atoms with Gasteiger partial charge >= 0.3 is 6.36 Å². The Morgan fingerprint density at radius 3 is 2.48 bits per heavy atom. The van der Waals surface area contributed by atoms with E-state index in [4.69, 9.17) is 5.73 Å². The molecule has 0 amide bonds. The van der Waals surface area contributed by atoms with E-state index in [-0.39, 0.29) is 11.4 Å². The van der Waals surface area contributed by atoms with Gasteiger partial charge in [0, 0.05) is 18.8 Å². The van der Waals surface area contributed by atoms with E-state index < -0.39 is 22.1 Å². The highest BCUT2D eigenvalue weighted by molar-refractivity contribution is 7.89. The summed E-state index contributed by atoms with van der Waals surface area (Å²) in [4.78, 5) is 8.43. The maximum atomic E-state index is 12.3. The average Bonchev–Trinajstić information content (AvgIpc) is 3.10. The van der Waals surface area contributed by atoms with Gasteiger partial charge in [-0.15, -0.1) is 13.2 Å². The summed E-state index contributed by atoms with van der Waals surface area (Å²) in [5.74, 6) is -0.114. The zero-order valence-electron chi connectivity index (χ0n) is 16.9. The minimum Gasteiger partial charge on any atom is -0.406 e. The highest BCUT2D eigenvalue weighted by atomic mass is 32.2. The van der Waals surface area contributed by atoms with E-state index in [0.29, 0.717) is 30.7 Å². The van der Waals surface area contributed by atoms with E-state index in [1.54, 1.807) is 6.33 Å².